The maximum atomic E-state index is 13.2. The zero-order chi connectivity index (χ0) is 17.0. The number of methoxy groups -OCH3 is 1. The normalized spacial score (nSPS) is 10.9. The van der Waals surface area contributed by atoms with E-state index in [1.807, 2.05) is 0 Å². The second kappa shape index (κ2) is 6.61. The van der Waals surface area contributed by atoms with Crippen molar-refractivity contribution >= 4 is 27.5 Å². The van der Waals surface area contributed by atoms with Crippen LogP contribution in [-0.4, -0.2) is 21.6 Å². The highest BCUT2D eigenvalue weighted by atomic mass is 32.2. The molecule has 0 bridgehead atoms. The van der Waals surface area contributed by atoms with Crippen molar-refractivity contribution in [2.45, 2.75) is 4.90 Å². The quantitative estimate of drug-likeness (QED) is 0.895. The molecule has 0 heterocycles. The first kappa shape index (κ1) is 16.7. The van der Waals surface area contributed by atoms with Crippen LogP contribution in [0.1, 0.15) is 0 Å². The standard InChI is InChI=1S/C14H12F2N2O4S/c1-22-14(19)17-11-3-2-4-12(8-11)18-23(20,21)13-6-9(15)5-10(16)7-13/h2-8,18H,1H3,(H,17,19). The molecule has 0 saturated carbocycles. The van der Waals surface area contributed by atoms with Gasteiger partial charge in [0, 0.05) is 11.8 Å². The van der Waals surface area contributed by atoms with Gasteiger partial charge in [0.05, 0.1) is 17.7 Å². The third kappa shape index (κ3) is 4.39. The minimum absolute atomic E-state index is 0.101. The number of nitrogens with one attached hydrogen (secondary N) is 2. The molecule has 0 unspecified atom stereocenters. The number of carbonyl (C=O) groups excluding carboxylic acids is 1. The molecule has 2 N–H and O–H groups in total. The van der Waals surface area contributed by atoms with Gasteiger partial charge in [-0.05, 0) is 30.3 Å². The minimum Gasteiger partial charge on any atom is -0.453 e. The van der Waals surface area contributed by atoms with Crippen LogP contribution in [0.5, 0.6) is 0 Å². The molecule has 0 aliphatic carbocycles. The number of sulfonamides is 1. The SMILES string of the molecule is COC(=O)Nc1cccc(NS(=O)(=O)c2cc(F)cc(F)c2)c1. The van der Waals surface area contributed by atoms with Gasteiger partial charge in [-0.2, -0.15) is 0 Å². The van der Waals surface area contributed by atoms with Gasteiger partial charge in [0.25, 0.3) is 10.0 Å². The molecule has 2 aromatic rings. The average molecular weight is 342 g/mol. The van der Waals surface area contributed by atoms with Gasteiger partial charge in [-0.3, -0.25) is 10.0 Å². The summed E-state index contributed by atoms with van der Waals surface area (Å²) in [6, 6.07) is 7.69. The number of hydrogen-bond donors (Lipinski definition) is 2. The summed E-state index contributed by atoms with van der Waals surface area (Å²) in [6.45, 7) is 0. The molecule has 23 heavy (non-hydrogen) atoms. The third-order valence-electron chi connectivity index (χ3n) is 2.69. The molecule has 0 fully saturated rings. The van der Waals surface area contributed by atoms with E-state index in [0.717, 1.165) is 0 Å². The number of carbonyl (C=O) groups is 1. The van der Waals surface area contributed by atoms with Gasteiger partial charge in [0.2, 0.25) is 0 Å². The van der Waals surface area contributed by atoms with Gasteiger partial charge in [-0.15, -0.1) is 0 Å². The highest BCUT2D eigenvalue weighted by molar-refractivity contribution is 7.92. The van der Waals surface area contributed by atoms with Crippen LogP contribution >= 0.6 is 0 Å². The summed E-state index contributed by atoms with van der Waals surface area (Å²) in [4.78, 5) is 10.6. The van der Waals surface area contributed by atoms with Gasteiger partial charge >= 0.3 is 6.09 Å². The molecule has 1 amide bonds. The molecule has 0 saturated heterocycles. The molecule has 0 aliphatic rings. The van der Waals surface area contributed by atoms with Crippen LogP contribution in [0.15, 0.2) is 47.4 Å². The minimum atomic E-state index is -4.18. The monoisotopic (exact) mass is 342 g/mol. The van der Waals surface area contributed by atoms with Gasteiger partial charge < -0.3 is 4.74 Å². The van der Waals surface area contributed by atoms with Crippen molar-refractivity contribution in [2.24, 2.45) is 0 Å². The second-order valence-electron chi connectivity index (χ2n) is 4.41. The summed E-state index contributed by atoms with van der Waals surface area (Å²) in [6.07, 6.45) is -0.725. The Kier molecular flexibility index (Phi) is 4.80. The Balaban J connectivity index is 2.27. The van der Waals surface area contributed by atoms with Crippen LogP contribution in [0.25, 0.3) is 0 Å². The summed E-state index contributed by atoms with van der Waals surface area (Å²) in [7, 11) is -3.00. The topological polar surface area (TPSA) is 84.5 Å². The Morgan fingerprint density at radius 2 is 1.65 bits per heavy atom. The van der Waals surface area contributed by atoms with Crippen LogP contribution in [0.4, 0.5) is 25.0 Å². The lowest BCUT2D eigenvalue weighted by Crippen LogP contribution is -2.14. The molecule has 2 rings (SSSR count). The van der Waals surface area contributed by atoms with E-state index in [1.54, 1.807) is 0 Å². The molecular formula is C14H12F2N2O4S. The van der Waals surface area contributed by atoms with Crippen LogP contribution in [0.3, 0.4) is 0 Å². The van der Waals surface area contributed by atoms with Crippen molar-refractivity contribution in [3.63, 3.8) is 0 Å². The van der Waals surface area contributed by atoms with Gasteiger partial charge in [-0.1, -0.05) is 6.07 Å². The highest BCUT2D eigenvalue weighted by Gasteiger charge is 2.17. The Morgan fingerprint density at radius 3 is 2.26 bits per heavy atom. The molecule has 0 radical (unpaired) electrons. The first-order chi connectivity index (χ1) is 10.8. The fourth-order valence-corrected chi connectivity index (χ4v) is 2.82. The smallest absolute Gasteiger partial charge is 0.411 e. The Hall–Kier alpha value is -2.68. The van der Waals surface area contributed by atoms with Crippen molar-refractivity contribution in [3.8, 4) is 0 Å². The van der Waals surface area contributed by atoms with Crippen molar-refractivity contribution in [1.82, 2.24) is 0 Å². The largest absolute Gasteiger partial charge is 0.453 e. The van der Waals surface area contributed by atoms with E-state index in [4.69, 9.17) is 0 Å². The second-order valence-corrected chi connectivity index (χ2v) is 6.09. The van der Waals surface area contributed by atoms with Gasteiger partial charge in [0.15, 0.2) is 0 Å². The number of halogens is 2. The van der Waals surface area contributed by atoms with E-state index in [-0.39, 0.29) is 11.4 Å². The molecule has 9 heteroatoms. The summed E-state index contributed by atoms with van der Waals surface area (Å²) < 4.78 is 57.2. The molecule has 6 nitrogen and oxygen atoms in total. The van der Waals surface area contributed by atoms with E-state index in [1.165, 1.54) is 31.4 Å². The molecular weight excluding hydrogens is 330 g/mol. The number of amides is 1. The fraction of sp³-hybridized carbons (Fsp3) is 0.0714. The number of rotatable bonds is 4. The third-order valence-corrected chi connectivity index (χ3v) is 4.05. The Bertz CT molecular complexity index is 820. The summed E-state index contributed by atoms with van der Waals surface area (Å²) in [5.41, 5.74) is 0.381. The first-order valence-electron chi connectivity index (χ1n) is 6.24. The molecule has 0 aliphatic heterocycles. The molecule has 0 atom stereocenters. The molecule has 122 valence electrons. The predicted octanol–water partition coefficient (Wildman–Crippen LogP) is 2.94. The average Bonchev–Trinajstić information content (AvgIpc) is 2.46. The van der Waals surface area contributed by atoms with Crippen molar-refractivity contribution in [2.75, 3.05) is 17.1 Å². The lowest BCUT2D eigenvalue weighted by Gasteiger charge is -2.10. The zero-order valence-electron chi connectivity index (χ0n) is 11.8. The predicted molar refractivity (Wildman–Crippen MR) is 79.6 cm³/mol. The zero-order valence-corrected chi connectivity index (χ0v) is 12.7. The number of benzene rings is 2. The van der Waals surface area contributed by atoms with Crippen molar-refractivity contribution in [1.29, 1.82) is 0 Å². The van der Waals surface area contributed by atoms with E-state index in [2.05, 4.69) is 14.8 Å². The summed E-state index contributed by atoms with van der Waals surface area (Å²) in [5.74, 6) is -2.02. The highest BCUT2D eigenvalue weighted by Crippen LogP contribution is 2.21. The van der Waals surface area contributed by atoms with E-state index < -0.39 is 32.6 Å². The lowest BCUT2D eigenvalue weighted by atomic mass is 10.3. The van der Waals surface area contributed by atoms with Gasteiger partial charge in [-0.25, -0.2) is 22.0 Å². The van der Waals surface area contributed by atoms with Crippen molar-refractivity contribution in [3.05, 3.63) is 54.1 Å². The molecule has 2 aromatic carbocycles. The number of ether oxygens (including phenoxy) is 1. The lowest BCUT2D eigenvalue weighted by molar-refractivity contribution is 0.187. The number of anilines is 2. The fourth-order valence-electron chi connectivity index (χ4n) is 1.73. The number of hydrogen-bond acceptors (Lipinski definition) is 4. The Labute approximate surface area is 131 Å². The van der Waals surface area contributed by atoms with Crippen LogP contribution in [0.2, 0.25) is 0 Å². The van der Waals surface area contributed by atoms with Crippen LogP contribution < -0.4 is 10.0 Å². The van der Waals surface area contributed by atoms with Crippen LogP contribution in [0, 0.1) is 11.6 Å². The summed E-state index contributed by atoms with van der Waals surface area (Å²) >= 11 is 0. The van der Waals surface area contributed by atoms with E-state index in [0.29, 0.717) is 18.2 Å². The Morgan fingerprint density at radius 1 is 1.04 bits per heavy atom. The van der Waals surface area contributed by atoms with Gasteiger partial charge in [0.1, 0.15) is 11.6 Å². The molecule has 0 aromatic heterocycles. The first-order valence-corrected chi connectivity index (χ1v) is 7.72. The summed E-state index contributed by atoms with van der Waals surface area (Å²) in [5, 5.41) is 2.36. The maximum absolute atomic E-state index is 13.2. The van der Waals surface area contributed by atoms with Crippen LogP contribution in [-0.2, 0) is 14.8 Å². The van der Waals surface area contributed by atoms with E-state index >= 15 is 0 Å². The van der Waals surface area contributed by atoms with E-state index in [9.17, 15) is 22.0 Å². The molecule has 0 spiro atoms. The maximum Gasteiger partial charge on any atom is 0.411 e. The van der Waals surface area contributed by atoms with Crippen molar-refractivity contribution < 1.29 is 26.7 Å².